The van der Waals surface area contributed by atoms with Gasteiger partial charge in [-0.3, -0.25) is 20.2 Å². The highest BCUT2D eigenvalue weighted by atomic mass is 79.9. The predicted octanol–water partition coefficient (Wildman–Crippen LogP) is 13.3. The van der Waals surface area contributed by atoms with Crippen LogP contribution in [-0.4, -0.2) is 21.8 Å². The number of non-ortho nitro benzene ring substituents is 2. The van der Waals surface area contributed by atoms with E-state index in [2.05, 4.69) is 20.8 Å². The van der Waals surface area contributed by atoms with Crippen LogP contribution in [0.3, 0.4) is 0 Å². The van der Waals surface area contributed by atoms with E-state index in [1.807, 2.05) is 138 Å². The zero-order valence-electron chi connectivity index (χ0n) is 33.0. The topological polar surface area (TPSA) is 145 Å². The summed E-state index contributed by atoms with van der Waals surface area (Å²) < 4.78 is 12.2. The van der Waals surface area contributed by atoms with Gasteiger partial charge in [-0.25, -0.2) is 9.59 Å². The lowest BCUT2D eigenvalue weighted by Gasteiger charge is -2.26. The maximum Gasteiger partial charge on any atom is 0.344 e. The van der Waals surface area contributed by atoms with Gasteiger partial charge in [-0.1, -0.05) is 88.7 Å². The van der Waals surface area contributed by atoms with Crippen molar-refractivity contribution in [3.05, 3.63) is 236 Å². The van der Waals surface area contributed by atoms with Crippen LogP contribution in [0, 0.1) is 20.2 Å². The second-order valence-electron chi connectivity index (χ2n) is 14.0. The molecular formula is C50H33BrN4O8. The standard InChI is InChI=1S/C50H33BrN4O8/c51-38-23-17-36(18-24-38)49(56)62-47-15-7-13-43(32-47)52(39-9-3-1-4-10-39)41-25-19-34(20-26-41)35-21-27-42(28-22-35)53(40-11-5-2-6-12-40)44-14-8-16-48(33-44)63-50(57)37-29-45(54(58)59)31-46(30-37)55(60)61/h1-33H. The fourth-order valence-corrected chi connectivity index (χ4v) is 7.13. The first kappa shape index (κ1) is 41.3. The van der Waals surface area contributed by atoms with Crippen LogP contribution in [0.2, 0.25) is 0 Å². The average molecular weight is 898 g/mol. The van der Waals surface area contributed by atoms with Crippen molar-refractivity contribution in [1.29, 1.82) is 0 Å². The molecule has 0 aromatic heterocycles. The van der Waals surface area contributed by atoms with Crippen molar-refractivity contribution < 1.29 is 28.9 Å². The van der Waals surface area contributed by atoms with Crippen LogP contribution in [0.5, 0.6) is 11.5 Å². The smallest absolute Gasteiger partial charge is 0.344 e. The highest BCUT2D eigenvalue weighted by molar-refractivity contribution is 9.10. The fourth-order valence-electron chi connectivity index (χ4n) is 6.87. The van der Waals surface area contributed by atoms with E-state index >= 15 is 0 Å². The molecule has 0 amide bonds. The number of hydrogen-bond acceptors (Lipinski definition) is 10. The minimum atomic E-state index is -0.987. The number of nitro benzene ring substituents is 2. The lowest BCUT2D eigenvalue weighted by molar-refractivity contribution is -0.394. The number of hydrogen-bond donors (Lipinski definition) is 0. The van der Waals surface area contributed by atoms with E-state index in [0.717, 1.165) is 62.2 Å². The summed E-state index contributed by atoms with van der Waals surface area (Å²) in [5.41, 5.74) is 5.69. The molecule has 0 radical (unpaired) electrons. The molecule has 0 aliphatic carbocycles. The molecule has 0 spiro atoms. The van der Waals surface area contributed by atoms with E-state index in [4.69, 9.17) is 9.47 Å². The zero-order valence-corrected chi connectivity index (χ0v) is 34.6. The largest absolute Gasteiger partial charge is 0.423 e. The molecule has 0 saturated heterocycles. The molecule has 0 saturated carbocycles. The molecule has 0 unspecified atom stereocenters. The van der Waals surface area contributed by atoms with Crippen LogP contribution in [0.15, 0.2) is 205 Å². The number of anilines is 6. The van der Waals surface area contributed by atoms with Crippen molar-refractivity contribution in [2.75, 3.05) is 9.80 Å². The molecule has 8 aromatic rings. The van der Waals surface area contributed by atoms with Crippen molar-refractivity contribution in [2.45, 2.75) is 0 Å². The molecule has 8 rings (SSSR count). The molecule has 0 bridgehead atoms. The number of esters is 2. The van der Waals surface area contributed by atoms with Gasteiger partial charge in [-0.15, -0.1) is 0 Å². The predicted molar refractivity (Wildman–Crippen MR) is 245 cm³/mol. The number of halogens is 1. The average Bonchev–Trinajstić information content (AvgIpc) is 3.31. The van der Waals surface area contributed by atoms with Gasteiger partial charge in [0, 0.05) is 62.9 Å². The maximum atomic E-state index is 13.2. The van der Waals surface area contributed by atoms with E-state index in [1.165, 1.54) is 0 Å². The molecule has 8 aromatic carbocycles. The Labute approximate surface area is 369 Å². The summed E-state index contributed by atoms with van der Waals surface area (Å²) in [6.45, 7) is 0. The van der Waals surface area contributed by atoms with E-state index in [0.29, 0.717) is 17.0 Å². The number of ether oxygens (including phenoxy) is 2. The summed E-state index contributed by atoms with van der Waals surface area (Å²) >= 11 is 3.40. The van der Waals surface area contributed by atoms with Crippen LogP contribution in [-0.2, 0) is 0 Å². The van der Waals surface area contributed by atoms with Gasteiger partial charge in [0.15, 0.2) is 0 Å². The number of carbonyl (C=O) groups is 2. The molecule has 13 heteroatoms. The maximum absolute atomic E-state index is 13.2. The zero-order chi connectivity index (χ0) is 43.9. The normalized spacial score (nSPS) is 10.7. The third-order valence-electron chi connectivity index (χ3n) is 9.83. The molecular weight excluding hydrogens is 864 g/mol. The molecule has 0 atom stereocenters. The number of nitro groups is 2. The number of rotatable bonds is 13. The first-order chi connectivity index (χ1) is 30.6. The third kappa shape index (κ3) is 9.64. The SMILES string of the molecule is O=C(Oc1cccc(N(c2ccccc2)c2ccc(-c3ccc(N(c4ccccc4)c4cccc(OC(=O)c5cc([N+](=O)[O-])cc([N+](=O)[O-])c5)c4)cc3)cc2)c1)c1ccc(Br)cc1. The van der Waals surface area contributed by atoms with Crippen molar-refractivity contribution in [1.82, 2.24) is 0 Å². The first-order valence-corrected chi connectivity index (χ1v) is 20.1. The van der Waals surface area contributed by atoms with Crippen molar-refractivity contribution in [3.63, 3.8) is 0 Å². The Morgan fingerprint density at radius 1 is 0.413 bits per heavy atom. The molecule has 308 valence electrons. The number of nitrogens with zero attached hydrogens (tertiary/aromatic N) is 4. The highest BCUT2D eigenvalue weighted by Gasteiger charge is 2.22. The van der Waals surface area contributed by atoms with E-state index in [9.17, 15) is 29.8 Å². The van der Waals surface area contributed by atoms with E-state index in [1.54, 1.807) is 48.5 Å². The summed E-state index contributed by atoms with van der Waals surface area (Å²) in [7, 11) is 0. The van der Waals surface area contributed by atoms with Gasteiger partial charge < -0.3 is 19.3 Å². The Balaban J connectivity index is 1.05. The van der Waals surface area contributed by atoms with Gasteiger partial charge >= 0.3 is 11.9 Å². The van der Waals surface area contributed by atoms with Crippen LogP contribution in [0.4, 0.5) is 45.5 Å². The van der Waals surface area contributed by atoms with Crippen LogP contribution < -0.4 is 19.3 Å². The minimum Gasteiger partial charge on any atom is -0.423 e. The Hall–Kier alpha value is -8.42. The van der Waals surface area contributed by atoms with Gasteiger partial charge in [0.2, 0.25) is 0 Å². The summed E-state index contributed by atoms with van der Waals surface area (Å²) in [6.07, 6.45) is 0. The van der Waals surface area contributed by atoms with Gasteiger partial charge in [0.25, 0.3) is 11.4 Å². The highest BCUT2D eigenvalue weighted by Crippen LogP contribution is 2.39. The lowest BCUT2D eigenvalue weighted by Crippen LogP contribution is -2.12. The molecule has 12 nitrogen and oxygen atoms in total. The number of benzene rings is 8. The summed E-state index contributed by atoms with van der Waals surface area (Å²) in [6, 6.07) is 59.4. The molecule has 0 aliphatic rings. The van der Waals surface area contributed by atoms with Crippen molar-refractivity contribution in [3.8, 4) is 22.6 Å². The lowest BCUT2D eigenvalue weighted by atomic mass is 10.0. The summed E-state index contributed by atoms with van der Waals surface area (Å²) in [5.74, 6) is -0.912. The fraction of sp³-hybridized carbons (Fsp3) is 0. The number of carbonyl (C=O) groups excluding carboxylic acids is 2. The van der Waals surface area contributed by atoms with E-state index < -0.39 is 33.2 Å². The number of para-hydroxylation sites is 2. The first-order valence-electron chi connectivity index (χ1n) is 19.3. The quantitative estimate of drug-likeness (QED) is 0.0474. The Morgan fingerprint density at radius 2 is 0.794 bits per heavy atom. The summed E-state index contributed by atoms with van der Waals surface area (Å²) in [4.78, 5) is 51.4. The van der Waals surface area contributed by atoms with Gasteiger partial charge in [-0.05, 0) is 108 Å². The van der Waals surface area contributed by atoms with Crippen molar-refractivity contribution in [2.24, 2.45) is 0 Å². The Morgan fingerprint density at radius 3 is 1.21 bits per heavy atom. The van der Waals surface area contributed by atoms with Crippen molar-refractivity contribution >= 4 is 73.4 Å². The van der Waals surface area contributed by atoms with E-state index in [-0.39, 0.29) is 11.3 Å². The molecule has 63 heavy (non-hydrogen) atoms. The van der Waals surface area contributed by atoms with Gasteiger partial charge in [-0.2, -0.15) is 0 Å². The monoisotopic (exact) mass is 896 g/mol. The van der Waals surface area contributed by atoms with Gasteiger partial charge in [0.1, 0.15) is 11.5 Å². The third-order valence-corrected chi connectivity index (χ3v) is 10.4. The van der Waals surface area contributed by atoms with Gasteiger partial charge in [0.05, 0.1) is 27.0 Å². The second-order valence-corrected chi connectivity index (χ2v) is 14.9. The summed E-state index contributed by atoms with van der Waals surface area (Å²) in [5, 5.41) is 22.8. The Bertz CT molecular complexity index is 2920. The van der Waals surface area contributed by atoms with Crippen LogP contribution in [0.1, 0.15) is 20.7 Å². The molecule has 0 fully saturated rings. The molecule has 0 N–H and O–H groups in total. The van der Waals surface area contributed by atoms with Crippen LogP contribution in [0.25, 0.3) is 11.1 Å². The Kier molecular flexibility index (Phi) is 12.1. The van der Waals surface area contributed by atoms with Crippen LogP contribution >= 0.6 is 15.9 Å². The minimum absolute atomic E-state index is 0.127. The molecule has 0 aliphatic heterocycles. The molecule has 0 heterocycles. The second kappa shape index (κ2) is 18.5.